The number of amides is 1. The molecular formula is C18H20Cl2N2O4S. The van der Waals surface area contributed by atoms with Crippen LogP contribution in [-0.2, 0) is 14.3 Å². The average Bonchev–Trinajstić information content (AvgIpc) is 3.15. The Morgan fingerprint density at radius 2 is 2.07 bits per heavy atom. The normalized spacial score (nSPS) is 16.9. The lowest BCUT2D eigenvalue weighted by molar-refractivity contribution is -0.146. The van der Waals surface area contributed by atoms with E-state index in [-0.39, 0.29) is 37.6 Å². The van der Waals surface area contributed by atoms with Crippen LogP contribution < -0.4 is 10.1 Å². The minimum atomic E-state index is -0.450. The van der Waals surface area contributed by atoms with Crippen molar-refractivity contribution in [3.8, 4) is 5.75 Å². The quantitative estimate of drug-likeness (QED) is 0.683. The zero-order valence-electron chi connectivity index (χ0n) is 14.4. The number of hydrogen-bond donors (Lipinski definition) is 1. The second-order valence-electron chi connectivity index (χ2n) is 5.71. The lowest BCUT2D eigenvalue weighted by Gasteiger charge is -2.34. The van der Waals surface area contributed by atoms with Crippen molar-refractivity contribution in [2.24, 2.45) is 0 Å². The van der Waals surface area contributed by atoms with Gasteiger partial charge < -0.3 is 14.8 Å². The van der Waals surface area contributed by atoms with Gasteiger partial charge >= 0.3 is 5.97 Å². The lowest BCUT2D eigenvalue weighted by Crippen LogP contribution is -2.50. The fourth-order valence-corrected chi connectivity index (χ4v) is 3.69. The molecule has 1 aromatic carbocycles. The largest absolute Gasteiger partial charge is 0.482 e. The van der Waals surface area contributed by atoms with Crippen LogP contribution in [0.4, 0.5) is 0 Å². The molecule has 1 saturated heterocycles. The topological polar surface area (TPSA) is 67.9 Å². The number of ether oxygens (including phenoxy) is 2. The standard InChI is InChI=1S/C18H19ClN2O4S.ClH/c19-13-3-5-14(6-4-13)25-12-16(22)24-10-9-21-8-7-20-18(23)17(21)15-2-1-11-26-15;/h1-6,11,17H,7-10,12H2,(H,20,23);1H. The van der Waals surface area contributed by atoms with Crippen LogP contribution in [0.1, 0.15) is 10.9 Å². The summed E-state index contributed by atoms with van der Waals surface area (Å²) in [6.07, 6.45) is 0. The van der Waals surface area contributed by atoms with Crippen molar-refractivity contribution in [2.45, 2.75) is 6.04 Å². The summed E-state index contributed by atoms with van der Waals surface area (Å²) < 4.78 is 10.6. The van der Waals surface area contributed by atoms with Gasteiger partial charge in [0.15, 0.2) is 6.61 Å². The highest BCUT2D eigenvalue weighted by Gasteiger charge is 2.31. The highest BCUT2D eigenvalue weighted by Crippen LogP contribution is 2.26. The molecule has 1 atom stereocenters. The van der Waals surface area contributed by atoms with Crippen LogP contribution in [-0.4, -0.2) is 49.6 Å². The molecule has 1 aromatic heterocycles. The number of benzene rings is 1. The lowest BCUT2D eigenvalue weighted by atomic mass is 10.1. The zero-order chi connectivity index (χ0) is 18.4. The van der Waals surface area contributed by atoms with E-state index in [1.807, 2.05) is 22.4 Å². The molecule has 6 nitrogen and oxygen atoms in total. The molecule has 0 radical (unpaired) electrons. The third-order valence-electron chi connectivity index (χ3n) is 3.94. The molecule has 0 spiro atoms. The Morgan fingerprint density at radius 3 is 2.78 bits per heavy atom. The van der Waals surface area contributed by atoms with E-state index < -0.39 is 5.97 Å². The summed E-state index contributed by atoms with van der Waals surface area (Å²) in [5, 5.41) is 5.43. The number of rotatable bonds is 7. The SMILES string of the molecule is Cl.O=C(COc1ccc(Cl)cc1)OCCN1CCNC(=O)C1c1cccs1. The Kier molecular flexibility index (Phi) is 8.37. The number of carbonyl (C=O) groups is 2. The predicted molar refractivity (Wildman–Crippen MR) is 107 cm³/mol. The van der Waals surface area contributed by atoms with Gasteiger partial charge in [-0.15, -0.1) is 23.7 Å². The second-order valence-corrected chi connectivity index (χ2v) is 7.12. The van der Waals surface area contributed by atoms with E-state index in [0.29, 0.717) is 30.4 Å². The maximum atomic E-state index is 12.2. The van der Waals surface area contributed by atoms with Gasteiger partial charge in [0.25, 0.3) is 0 Å². The van der Waals surface area contributed by atoms with Gasteiger partial charge in [-0.2, -0.15) is 0 Å². The highest BCUT2D eigenvalue weighted by atomic mass is 35.5. The van der Waals surface area contributed by atoms with Crippen LogP contribution in [0.25, 0.3) is 0 Å². The Morgan fingerprint density at radius 1 is 1.30 bits per heavy atom. The predicted octanol–water partition coefficient (Wildman–Crippen LogP) is 2.92. The molecule has 9 heteroatoms. The van der Waals surface area contributed by atoms with Crippen LogP contribution in [0.5, 0.6) is 5.75 Å². The number of thiophene rings is 1. The van der Waals surface area contributed by atoms with Crippen LogP contribution in [0.15, 0.2) is 41.8 Å². The van der Waals surface area contributed by atoms with Crippen molar-refractivity contribution in [2.75, 3.05) is 32.8 Å². The maximum Gasteiger partial charge on any atom is 0.344 e. The van der Waals surface area contributed by atoms with Gasteiger partial charge in [-0.3, -0.25) is 9.69 Å². The molecule has 2 heterocycles. The van der Waals surface area contributed by atoms with Crippen molar-refractivity contribution in [1.82, 2.24) is 10.2 Å². The van der Waals surface area contributed by atoms with Crippen LogP contribution in [0.2, 0.25) is 5.02 Å². The molecule has 146 valence electrons. The molecule has 27 heavy (non-hydrogen) atoms. The molecule has 1 fully saturated rings. The number of hydrogen-bond acceptors (Lipinski definition) is 6. The highest BCUT2D eigenvalue weighted by molar-refractivity contribution is 7.10. The first-order valence-electron chi connectivity index (χ1n) is 8.22. The van der Waals surface area contributed by atoms with Gasteiger partial charge in [-0.25, -0.2) is 4.79 Å². The number of nitrogens with zero attached hydrogens (tertiary/aromatic N) is 1. The van der Waals surface area contributed by atoms with Crippen molar-refractivity contribution in [3.63, 3.8) is 0 Å². The molecule has 1 aliphatic heterocycles. The first-order valence-corrected chi connectivity index (χ1v) is 9.48. The van der Waals surface area contributed by atoms with E-state index in [1.165, 1.54) is 0 Å². The molecule has 0 aliphatic carbocycles. The molecular weight excluding hydrogens is 411 g/mol. The molecule has 1 amide bonds. The first-order chi connectivity index (χ1) is 12.6. The summed E-state index contributed by atoms with van der Waals surface area (Å²) in [5.41, 5.74) is 0. The van der Waals surface area contributed by atoms with Crippen molar-refractivity contribution in [1.29, 1.82) is 0 Å². The van der Waals surface area contributed by atoms with Gasteiger partial charge in [0, 0.05) is 29.5 Å². The van der Waals surface area contributed by atoms with E-state index in [2.05, 4.69) is 5.32 Å². The van der Waals surface area contributed by atoms with Gasteiger partial charge in [-0.05, 0) is 35.7 Å². The fourth-order valence-electron chi connectivity index (χ4n) is 2.70. The molecule has 1 aliphatic rings. The molecule has 1 N–H and O–H groups in total. The number of halogens is 2. The summed E-state index contributed by atoms with van der Waals surface area (Å²) in [6.45, 7) is 1.83. The Hall–Kier alpha value is -1.80. The van der Waals surface area contributed by atoms with Gasteiger partial charge in [-0.1, -0.05) is 17.7 Å². The monoisotopic (exact) mass is 430 g/mol. The van der Waals surface area contributed by atoms with E-state index in [0.717, 1.165) is 4.88 Å². The van der Waals surface area contributed by atoms with Crippen molar-refractivity contribution in [3.05, 3.63) is 51.7 Å². The zero-order valence-corrected chi connectivity index (χ0v) is 16.8. The van der Waals surface area contributed by atoms with E-state index >= 15 is 0 Å². The van der Waals surface area contributed by atoms with E-state index in [9.17, 15) is 9.59 Å². The average molecular weight is 431 g/mol. The van der Waals surface area contributed by atoms with Gasteiger partial charge in [0.1, 0.15) is 18.4 Å². The number of piperazine rings is 1. The second kappa shape index (κ2) is 10.5. The first kappa shape index (κ1) is 21.5. The smallest absolute Gasteiger partial charge is 0.344 e. The summed E-state index contributed by atoms with van der Waals surface area (Å²) in [7, 11) is 0. The molecule has 0 bridgehead atoms. The van der Waals surface area contributed by atoms with E-state index in [4.69, 9.17) is 21.1 Å². The van der Waals surface area contributed by atoms with Crippen LogP contribution >= 0.6 is 35.3 Å². The van der Waals surface area contributed by atoms with Crippen LogP contribution in [0, 0.1) is 0 Å². The molecule has 2 aromatic rings. The third-order valence-corrected chi connectivity index (χ3v) is 5.11. The maximum absolute atomic E-state index is 12.2. The number of esters is 1. The summed E-state index contributed by atoms with van der Waals surface area (Å²) in [4.78, 5) is 27.0. The van der Waals surface area contributed by atoms with Gasteiger partial charge in [0.2, 0.25) is 5.91 Å². The molecule has 1 unspecified atom stereocenters. The Balaban J connectivity index is 0.00000261. The summed E-state index contributed by atoms with van der Waals surface area (Å²) in [5.74, 6) is 0.0852. The summed E-state index contributed by atoms with van der Waals surface area (Å²) >= 11 is 7.34. The fraction of sp³-hybridized carbons (Fsp3) is 0.333. The summed E-state index contributed by atoms with van der Waals surface area (Å²) in [6, 6.07) is 10.3. The third kappa shape index (κ3) is 6.10. The number of carbonyl (C=O) groups excluding carboxylic acids is 2. The molecule has 0 saturated carbocycles. The molecule has 3 rings (SSSR count). The minimum Gasteiger partial charge on any atom is -0.482 e. The van der Waals surface area contributed by atoms with E-state index in [1.54, 1.807) is 35.6 Å². The van der Waals surface area contributed by atoms with Crippen molar-refractivity contribution >= 4 is 47.2 Å². The van der Waals surface area contributed by atoms with Gasteiger partial charge in [0.05, 0.1) is 0 Å². The Bertz CT molecular complexity index is 740. The van der Waals surface area contributed by atoms with Crippen LogP contribution in [0.3, 0.4) is 0 Å². The Labute approximate surface area is 172 Å². The minimum absolute atomic E-state index is 0. The number of nitrogens with one attached hydrogen (secondary N) is 1. The van der Waals surface area contributed by atoms with Crippen molar-refractivity contribution < 1.29 is 19.1 Å².